The molecule has 0 radical (unpaired) electrons. The fraction of sp³-hybridized carbons (Fsp3) is 1.00. The van der Waals surface area contributed by atoms with Crippen LogP contribution in [0.3, 0.4) is 0 Å². The van der Waals surface area contributed by atoms with Crippen molar-refractivity contribution in [2.75, 3.05) is 13.2 Å². The minimum absolute atomic E-state index is 0.277. The molecule has 22 heavy (non-hydrogen) atoms. The largest absolute Gasteiger partial charge is 0.394 e. The molecule has 0 aromatic heterocycles. The van der Waals surface area contributed by atoms with Crippen molar-refractivity contribution in [3.8, 4) is 0 Å². The molecule has 0 spiro atoms. The lowest BCUT2D eigenvalue weighted by Crippen LogP contribution is -2.58. The van der Waals surface area contributed by atoms with Crippen molar-refractivity contribution in [3.63, 3.8) is 0 Å². The van der Waals surface area contributed by atoms with Gasteiger partial charge in [0.1, 0.15) is 42.7 Å². The van der Waals surface area contributed by atoms with Gasteiger partial charge in [0.25, 0.3) is 0 Å². The van der Waals surface area contributed by atoms with Gasteiger partial charge in [0.05, 0.1) is 25.4 Å². The Morgan fingerprint density at radius 1 is 0.909 bits per heavy atom. The fourth-order valence-corrected chi connectivity index (χ4v) is 2.32. The van der Waals surface area contributed by atoms with Crippen molar-refractivity contribution in [1.29, 1.82) is 0 Å². The smallest absolute Gasteiger partial charge is 0.111 e. The first kappa shape index (κ1) is 19.6. The fourth-order valence-electron chi connectivity index (χ4n) is 2.32. The first-order valence-electron chi connectivity index (χ1n) is 6.88. The van der Waals surface area contributed by atoms with Crippen LogP contribution in [0.4, 0.5) is 0 Å². The molecule has 1 saturated heterocycles. The molecule has 0 amide bonds. The molecule has 0 bridgehead atoms. The SMILES string of the molecule is OC[C@@H](O)[C@@H](O)[C@H](O)[C@@H](O)C(O)C1C[C@@H](O)[C@H](O)[C@@H](CO)O1. The van der Waals surface area contributed by atoms with Gasteiger partial charge in [-0.1, -0.05) is 0 Å². The molecule has 1 rings (SSSR count). The van der Waals surface area contributed by atoms with E-state index in [0.29, 0.717) is 0 Å². The number of hydrogen-bond acceptors (Lipinski definition) is 10. The van der Waals surface area contributed by atoms with Crippen molar-refractivity contribution < 1.29 is 50.7 Å². The van der Waals surface area contributed by atoms with Gasteiger partial charge in [-0.15, -0.1) is 0 Å². The second-order valence-corrected chi connectivity index (χ2v) is 5.40. The van der Waals surface area contributed by atoms with Crippen LogP contribution in [0, 0.1) is 0 Å². The molecule has 10 nitrogen and oxygen atoms in total. The topological polar surface area (TPSA) is 191 Å². The molecule has 0 saturated carbocycles. The van der Waals surface area contributed by atoms with E-state index in [1.54, 1.807) is 0 Å². The van der Waals surface area contributed by atoms with E-state index >= 15 is 0 Å². The van der Waals surface area contributed by atoms with Crippen LogP contribution in [0.1, 0.15) is 6.42 Å². The zero-order valence-electron chi connectivity index (χ0n) is 11.8. The molecule has 0 aromatic carbocycles. The van der Waals surface area contributed by atoms with E-state index in [2.05, 4.69) is 0 Å². The van der Waals surface area contributed by atoms with Crippen molar-refractivity contribution in [2.45, 2.75) is 61.4 Å². The third kappa shape index (κ3) is 4.32. The average molecular weight is 328 g/mol. The molecule has 1 fully saturated rings. The van der Waals surface area contributed by atoms with E-state index in [9.17, 15) is 35.7 Å². The molecule has 10 heteroatoms. The van der Waals surface area contributed by atoms with Gasteiger partial charge in [-0.2, -0.15) is 0 Å². The molecule has 9 atom stereocenters. The average Bonchev–Trinajstić information content (AvgIpc) is 2.53. The first-order chi connectivity index (χ1) is 10.2. The number of aliphatic hydroxyl groups is 9. The molecular weight excluding hydrogens is 304 g/mol. The Kier molecular flexibility index (Phi) is 7.55. The van der Waals surface area contributed by atoms with E-state index in [1.165, 1.54) is 0 Å². The summed E-state index contributed by atoms with van der Waals surface area (Å²) in [5.74, 6) is 0. The Labute approximate surface area is 126 Å². The van der Waals surface area contributed by atoms with Gasteiger partial charge in [0.15, 0.2) is 0 Å². The molecule has 1 aliphatic heterocycles. The Morgan fingerprint density at radius 3 is 2.00 bits per heavy atom. The first-order valence-corrected chi connectivity index (χ1v) is 6.88. The third-order valence-corrected chi connectivity index (χ3v) is 3.79. The maximum Gasteiger partial charge on any atom is 0.111 e. The molecule has 2 unspecified atom stereocenters. The second-order valence-electron chi connectivity index (χ2n) is 5.40. The van der Waals surface area contributed by atoms with E-state index < -0.39 is 68.1 Å². The zero-order valence-corrected chi connectivity index (χ0v) is 11.8. The highest BCUT2D eigenvalue weighted by atomic mass is 16.5. The van der Waals surface area contributed by atoms with Gasteiger partial charge in [-0.3, -0.25) is 0 Å². The van der Waals surface area contributed by atoms with Crippen LogP contribution in [0.25, 0.3) is 0 Å². The number of hydrogen-bond donors (Lipinski definition) is 9. The van der Waals surface area contributed by atoms with Crippen LogP contribution in [0.15, 0.2) is 0 Å². The quantitative estimate of drug-likeness (QED) is 0.218. The second kappa shape index (κ2) is 8.45. The molecule has 0 aliphatic carbocycles. The third-order valence-electron chi connectivity index (χ3n) is 3.79. The monoisotopic (exact) mass is 328 g/mol. The van der Waals surface area contributed by atoms with E-state index in [0.717, 1.165) is 0 Å². The lowest BCUT2D eigenvalue weighted by Gasteiger charge is -2.40. The van der Waals surface area contributed by atoms with Crippen LogP contribution in [0.2, 0.25) is 0 Å². The zero-order chi connectivity index (χ0) is 17.0. The van der Waals surface area contributed by atoms with Crippen molar-refractivity contribution >= 4 is 0 Å². The summed E-state index contributed by atoms with van der Waals surface area (Å²) in [6.45, 7) is -1.50. The minimum Gasteiger partial charge on any atom is -0.394 e. The van der Waals surface area contributed by atoms with Crippen molar-refractivity contribution in [3.05, 3.63) is 0 Å². The lowest BCUT2D eigenvalue weighted by atomic mass is 9.90. The van der Waals surface area contributed by atoms with Gasteiger partial charge in [-0.25, -0.2) is 0 Å². The Balaban J connectivity index is 2.71. The molecule has 1 aliphatic rings. The predicted octanol–water partition coefficient (Wildman–Crippen LogP) is -5.35. The Morgan fingerprint density at radius 2 is 1.50 bits per heavy atom. The summed E-state index contributed by atoms with van der Waals surface area (Å²) >= 11 is 0. The van der Waals surface area contributed by atoms with Gasteiger partial charge in [0, 0.05) is 6.42 Å². The highest BCUT2D eigenvalue weighted by Crippen LogP contribution is 2.25. The van der Waals surface area contributed by atoms with Crippen LogP contribution < -0.4 is 0 Å². The van der Waals surface area contributed by atoms with Gasteiger partial charge >= 0.3 is 0 Å². The van der Waals surface area contributed by atoms with E-state index in [4.69, 9.17) is 14.9 Å². The number of rotatable bonds is 7. The molecule has 9 N–H and O–H groups in total. The van der Waals surface area contributed by atoms with E-state index in [1.807, 2.05) is 0 Å². The molecule has 1 heterocycles. The Bertz CT molecular complexity index is 329. The maximum atomic E-state index is 9.97. The summed E-state index contributed by atoms with van der Waals surface area (Å²) in [5, 5.41) is 85.1. The molecular formula is C12H24O10. The van der Waals surface area contributed by atoms with Crippen LogP contribution in [-0.4, -0.2) is 114 Å². The summed E-state index contributed by atoms with van der Waals surface area (Å²) in [6.07, 6.45) is -14.7. The maximum absolute atomic E-state index is 9.97. The highest BCUT2D eigenvalue weighted by Gasteiger charge is 2.44. The van der Waals surface area contributed by atoms with E-state index in [-0.39, 0.29) is 6.42 Å². The van der Waals surface area contributed by atoms with Crippen molar-refractivity contribution in [2.24, 2.45) is 0 Å². The predicted molar refractivity (Wildman–Crippen MR) is 69.5 cm³/mol. The standard InChI is InChI=1S/C12H24O10/c13-2-5(16)9(18)11(20)12(21)10(19)6-1-4(15)8(17)7(3-14)22-6/h4-21H,1-3H2/t4-,5-,6?,7-,8+,9-,10?,11+,12+/m1/s1. The highest BCUT2D eigenvalue weighted by molar-refractivity contribution is 4.93. The number of ether oxygens (including phenoxy) is 1. The van der Waals surface area contributed by atoms with Crippen LogP contribution in [-0.2, 0) is 4.74 Å². The van der Waals surface area contributed by atoms with Crippen LogP contribution in [0.5, 0.6) is 0 Å². The molecule has 132 valence electrons. The van der Waals surface area contributed by atoms with Gasteiger partial charge in [0.2, 0.25) is 0 Å². The normalized spacial score (nSPS) is 36.4. The minimum atomic E-state index is -1.99. The number of aliphatic hydroxyl groups excluding tert-OH is 9. The summed E-state index contributed by atoms with van der Waals surface area (Å²) < 4.78 is 5.14. The summed E-state index contributed by atoms with van der Waals surface area (Å²) in [6, 6.07) is 0. The van der Waals surface area contributed by atoms with Gasteiger partial charge < -0.3 is 50.7 Å². The summed E-state index contributed by atoms with van der Waals surface area (Å²) in [7, 11) is 0. The Hall–Kier alpha value is -0.400. The van der Waals surface area contributed by atoms with Crippen molar-refractivity contribution in [1.82, 2.24) is 0 Å². The van der Waals surface area contributed by atoms with Gasteiger partial charge in [-0.05, 0) is 0 Å². The summed E-state index contributed by atoms with van der Waals surface area (Å²) in [5.41, 5.74) is 0. The summed E-state index contributed by atoms with van der Waals surface area (Å²) in [4.78, 5) is 0. The molecule has 0 aromatic rings. The lowest BCUT2D eigenvalue weighted by molar-refractivity contribution is -0.225. The van der Waals surface area contributed by atoms with Crippen LogP contribution >= 0.6 is 0 Å².